The lowest BCUT2D eigenvalue weighted by Gasteiger charge is -2.28. The third-order valence-electron chi connectivity index (χ3n) is 4.49. The Morgan fingerprint density at radius 3 is 2.75 bits per heavy atom. The van der Waals surface area contributed by atoms with Gasteiger partial charge in [0.1, 0.15) is 0 Å². The lowest BCUT2D eigenvalue weighted by atomic mass is 9.94. The highest BCUT2D eigenvalue weighted by atomic mass is 16.3. The Balaban J connectivity index is 2.02. The SMILES string of the molecule is C[C@H](N[C@H]1CCCCC[C@@H]1CO)c1cccc(CO)c1. The van der Waals surface area contributed by atoms with Gasteiger partial charge in [-0.15, -0.1) is 0 Å². The van der Waals surface area contributed by atoms with Crippen LogP contribution in [0.25, 0.3) is 0 Å². The monoisotopic (exact) mass is 277 g/mol. The highest BCUT2D eigenvalue weighted by molar-refractivity contribution is 5.25. The summed E-state index contributed by atoms with van der Waals surface area (Å²) in [5.41, 5.74) is 2.16. The summed E-state index contributed by atoms with van der Waals surface area (Å²) in [5.74, 6) is 0.376. The van der Waals surface area contributed by atoms with Gasteiger partial charge in [0, 0.05) is 18.7 Å². The molecule has 1 fully saturated rings. The number of benzene rings is 1. The van der Waals surface area contributed by atoms with Crippen molar-refractivity contribution < 1.29 is 10.2 Å². The molecule has 3 N–H and O–H groups in total. The smallest absolute Gasteiger partial charge is 0.0681 e. The quantitative estimate of drug-likeness (QED) is 0.725. The molecule has 2 rings (SSSR count). The van der Waals surface area contributed by atoms with E-state index in [1.165, 1.54) is 24.8 Å². The Morgan fingerprint density at radius 1 is 1.20 bits per heavy atom. The molecule has 0 amide bonds. The highest BCUT2D eigenvalue weighted by Gasteiger charge is 2.24. The average molecular weight is 277 g/mol. The van der Waals surface area contributed by atoms with Gasteiger partial charge in [0.2, 0.25) is 0 Å². The summed E-state index contributed by atoms with van der Waals surface area (Å²) in [6, 6.07) is 8.74. The molecule has 0 bridgehead atoms. The first-order valence-electron chi connectivity index (χ1n) is 7.81. The van der Waals surface area contributed by atoms with E-state index >= 15 is 0 Å². The van der Waals surface area contributed by atoms with Crippen LogP contribution in [0.15, 0.2) is 24.3 Å². The number of hydrogen-bond donors (Lipinski definition) is 3. The van der Waals surface area contributed by atoms with Gasteiger partial charge in [-0.05, 0) is 36.8 Å². The molecule has 20 heavy (non-hydrogen) atoms. The fourth-order valence-corrected chi connectivity index (χ4v) is 3.20. The summed E-state index contributed by atoms with van der Waals surface area (Å²) in [7, 11) is 0. The Hall–Kier alpha value is -0.900. The van der Waals surface area contributed by atoms with E-state index in [1.54, 1.807) is 0 Å². The number of aliphatic hydroxyl groups excluding tert-OH is 2. The van der Waals surface area contributed by atoms with Crippen molar-refractivity contribution in [1.82, 2.24) is 5.32 Å². The van der Waals surface area contributed by atoms with Crippen LogP contribution in [0.5, 0.6) is 0 Å². The lowest BCUT2D eigenvalue weighted by Crippen LogP contribution is -2.38. The molecule has 0 unspecified atom stereocenters. The van der Waals surface area contributed by atoms with Crippen LogP contribution in [-0.4, -0.2) is 22.9 Å². The summed E-state index contributed by atoms with van der Waals surface area (Å²) in [5, 5.41) is 22.5. The van der Waals surface area contributed by atoms with Crippen molar-refractivity contribution >= 4 is 0 Å². The molecule has 1 aliphatic rings. The van der Waals surface area contributed by atoms with Crippen LogP contribution in [0.3, 0.4) is 0 Å². The highest BCUT2D eigenvalue weighted by Crippen LogP contribution is 2.26. The Kier molecular flexibility index (Phi) is 6.02. The van der Waals surface area contributed by atoms with Gasteiger partial charge in [-0.3, -0.25) is 0 Å². The molecular formula is C17H27NO2. The molecule has 0 radical (unpaired) electrons. The molecule has 1 aliphatic carbocycles. The van der Waals surface area contributed by atoms with E-state index in [0.717, 1.165) is 18.4 Å². The molecule has 3 nitrogen and oxygen atoms in total. The molecule has 0 spiro atoms. The zero-order valence-electron chi connectivity index (χ0n) is 12.4. The molecule has 0 aromatic heterocycles. The van der Waals surface area contributed by atoms with Crippen LogP contribution in [0, 0.1) is 5.92 Å². The van der Waals surface area contributed by atoms with E-state index in [4.69, 9.17) is 0 Å². The fraction of sp³-hybridized carbons (Fsp3) is 0.647. The van der Waals surface area contributed by atoms with Crippen molar-refractivity contribution in [2.45, 2.75) is 57.7 Å². The van der Waals surface area contributed by atoms with Crippen molar-refractivity contribution in [3.63, 3.8) is 0 Å². The number of nitrogens with one attached hydrogen (secondary N) is 1. The first kappa shape index (κ1) is 15.5. The number of rotatable bonds is 5. The van der Waals surface area contributed by atoms with Gasteiger partial charge in [-0.2, -0.15) is 0 Å². The summed E-state index contributed by atoms with van der Waals surface area (Å²) >= 11 is 0. The molecule has 3 heteroatoms. The van der Waals surface area contributed by atoms with Crippen LogP contribution < -0.4 is 5.32 Å². The summed E-state index contributed by atoms with van der Waals surface area (Å²) in [6.07, 6.45) is 6.03. The topological polar surface area (TPSA) is 52.5 Å². The molecule has 0 aliphatic heterocycles. The molecule has 1 saturated carbocycles. The van der Waals surface area contributed by atoms with Gasteiger partial charge in [0.05, 0.1) is 6.61 Å². The normalized spacial score (nSPS) is 25.1. The molecule has 0 heterocycles. The van der Waals surface area contributed by atoms with E-state index in [1.807, 2.05) is 12.1 Å². The zero-order chi connectivity index (χ0) is 14.4. The molecule has 1 aromatic carbocycles. The largest absolute Gasteiger partial charge is 0.396 e. The van der Waals surface area contributed by atoms with Crippen LogP contribution in [0.1, 0.15) is 56.2 Å². The van der Waals surface area contributed by atoms with Crippen LogP contribution in [0.4, 0.5) is 0 Å². The van der Waals surface area contributed by atoms with Crippen LogP contribution >= 0.6 is 0 Å². The first-order valence-corrected chi connectivity index (χ1v) is 7.81. The third-order valence-corrected chi connectivity index (χ3v) is 4.49. The fourth-order valence-electron chi connectivity index (χ4n) is 3.20. The van der Waals surface area contributed by atoms with Crippen molar-refractivity contribution in [2.24, 2.45) is 5.92 Å². The maximum atomic E-state index is 9.58. The van der Waals surface area contributed by atoms with Crippen molar-refractivity contribution in [3.8, 4) is 0 Å². The van der Waals surface area contributed by atoms with E-state index in [2.05, 4.69) is 24.4 Å². The van der Waals surface area contributed by atoms with Crippen molar-refractivity contribution in [3.05, 3.63) is 35.4 Å². The predicted molar refractivity (Wildman–Crippen MR) is 81.4 cm³/mol. The third kappa shape index (κ3) is 4.05. The molecule has 1 aromatic rings. The summed E-state index contributed by atoms with van der Waals surface area (Å²) in [4.78, 5) is 0. The minimum absolute atomic E-state index is 0.0866. The van der Waals surface area contributed by atoms with Gasteiger partial charge in [0.15, 0.2) is 0 Å². The van der Waals surface area contributed by atoms with E-state index < -0.39 is 0 Å². The van der Waals surface area contributed by atoms with E-state index in [0.29, 0.717) is 12.0 Å². The Morgan fingerprint density at radius 2 is 2.00 bits per heavy atom. The minimum Gasteiger partial charge on any atom is -0.396 e. The molecular weight excluding hydrogens is 250 g/mol. The Labute approximate surface area is 122 Å². The van der Waals surface area contributed by atoms with Gasteiger partial charge in [0.25, 0.3) is 0 Å². The summed E-state index contributed by atoms with van der Waals surface area (Å²) in [6.45, 7) is 2.53. The minimum atomic E-state index is 0.0866. The first-order chi connectivity index (χ1) is 9.74. The second-order valence-corrected chi connectivity index (χ2v) is 5.98. The zero-order valence-corrected chi connectivity index (χ0v) is 12.4. The lowest BCUT2D eigenvalue weighted by molar-refractivity contribution is 0.176. The number of aliphatic hydroxyl groups is 2. The van der Waals surface area contributed by atoms with Crippen molar-refractivity contribution in [1.29, 1.82) is 0 Å². The van der Waals surface area contributed by atoms with Crippen LogP contribution in [-0.2, 0) is 6.61 Å². The second-order valence-electron chi connectivity index (χ2n) is 5.98. The predicted octanol–water partition coefficient (Wildman–Crippen LogP) is 2.77. The maximum absolute atomic E-state index is 9.58. The van der Waals surface area contributed by atoms with Crippen LogP contribution in [0.2, 0.25) is 0 Å². The Bertz CT molecular complexity index is 408. The second kappa shape index (κ2) is 7.77. The maximum Gasteiger partial charge on any atom is 0.0681 e. The average Bonchev–Trinajstić information content (AvgIpc) is 2.72. The number of hydrogen-bond acceptors (Lipinski definition) is 3. The van der Waals surface area contributed by atoms with E-state index in [9.17, 15) is 10.2 Å². The van der Waals surface area contributed by atoms with E-state index in [-0.39, 0.29) is 19.3 Å². The summed E-state index contributed by atoms with van der Waals surface area (Å²) < 4.78 is 0. The van der Waals surface area contributed by atoms with Gasteiger partial charge >= 0.3 is 0 Å². The molecule has 3 atom stereocenters. The standard InChI is InChI=1S/C17H27NO2/c1-13(15-8-5-6-14(10-15)11-19)18-17-9-4-2-3-7-16(17)12-20/h5-6,8,10,13,16-20H,2-4,7,9,11-12H2,1H3/t13-,16+,17-/m0/s1. The van der Waals surface area contributed by atoms with Gasteiger partial charge in [-0.25, -0.2) is 0 Å². The van der Waals surface area contributed by atoms with Gasteiger partial charge in [-0.1, -0.05) is 43.5 Å². The van der Waals surface area contributed by atoms with Gasteiger partial charge < -0.3 is 15.5 Å². The molecule has 112 valence electrons. The molecule has 0 saturated heterocycles. The van der Waals surface area contributed by atoms with Crippen molar-refractivity contribution in [2.75, 3.05) is 6.61 Å².